The molecule has 0 bridgehead atoms. The molecule has 2 aliphatic rings. The Balaban J connectivity index is 0.000000330. The molecular formula is C31H58O8SSi2. The van der Waals surface area contributed by atoms with Crippen LogP contribution in [0.15, 0.2) is 29.2 Å². The topological polar surface area (TPSA) is 123 Å². The van der Waals surface area contributed by atoms with Crippen molar-refractivity contribution in [3.05, 3.63) is 29.8 Å². The third kappa shape index (κ3) is 11.1. The average molecular weight is 647 g/mol. The Labute approximate surface area is 257 Å². The zero-order valence-corrected chi connectivity index (χ0v) is 30.6. The van der Waals surface area contributed by atoms with Crippen LogP contribution in [0.25, 0.3) is 0 Å². The molecule has 2 fully saturated rings. The molecule has 42 heavy (non-hydrogen) atoms. The largest absolute Gasteiger partial charge is 0.414 e. The van der Waals surface area contributed by atoms with Gasteiger partial charge < -0.3 is 24.2 Å². The Morgan fingerprint density at radius 1 is 0.643 bits per heavy atom. The molecule has 0 spiro atoms. The molecule has 0 heterocycles. The van der Waals surface area contributed by atoms with E-state index in [4.69, 9.17) is 13.0 Å². The van der Waals surface area contributed by atoms with Crippen molar-refractivity contribution in [2.45, 2.75) is 165 Å². The summed E-state index contributed by atoms with van der Waals surface area (Å²) in [5.74, 6) is 0. The van der Waals surface area contributed by atoms with Crippen molar-refractivity contribution in [1.82, 2.24) is 0 Å². The fourth-order valence-corrected chi connectivity index (χ4v) is 8.65. The quantitative estimate of drug-likeness (QED) is 0.234. The van der Waals surface area contributed by atoms with E-state index in [1.807, 2.05) is 6.92 Å². The summed E-state index contributed by atoms with van der Waals surface area (Å²) in [4.78, 5) is 0.144. The van der Waals surface area contributed by atoms with E-state index in [1.54, 1.807) is 24.3 Å². The van der Waals surface area contributed by atoms with E-state index in [0.29, 0.717) is 38.5 Å². The second-order valence-electron chi connectivity index (χ2n) is 15.4. The highest BCUT2D eigenvalue weighted by molar-refractivity contribution is 7.86. The van der Waals surface area contributed by atoms with Gasteiger partial charge in [-0.25, -0.2) is 0 Å². The lowest BCUT2D eigenvalue weighted by atomic mass is 9.93. The van der Waals surface area contributed by atoms with Gasteiger partial charge in [0.15, 0.2) is 16.6 Å². The van der Waals surface area contributed by atoms with Gasteiger partial charge in [-0.1, -0.05) is 59.2 Å². The lowest BCUT2D eigenvalue weighted by Gasteiger charge is -2.42. The SMILES string of the molecule is CC(C)(C)[Si](C)(C)OC1CC(O)CC(O)C1.Cc1ccc(S(=O)(=O)OC2CC(O)CC(O[Si](C)(C)C(C)(C)C)C2)cc1. The van der Waals surface area contributed by atoms with Crippen molar-refractivity contribution >= 4 is 26.8 Å². The molecule has 11 heteroatoms. The first-order chi connectivity index (χ1) is 18.9. The summed E-state index contributed by atoms with van der Waals surface area (Å²) >= 11 is 0. The third-order valence-corrected chi connectivity index (χ3v) is 19.8. The first-order valence-electron chi connectivity index (χ1n) is 15.3. The summed E-state index contributed by atoms with van der Waals surface area (Å²) in [5.41, 5.74) is 0.986. The van der Waals surface area contributed by atoms with E-state index in [-0.39, 0.29) is 27.2 Å². The Morgan fingerprint density at radius 2 is 1.00 bits per heavy atom. The van der Waals surface area contributed by atoms with Crippen molar-refractivity contribution in [2.24, 2.45) is 0 Å². The highest BCUT2D eigenvalue weighted by Crippen LogP contribution is 2.40. The molecule has 244 valence electrons. The fourth-order valence-electron chi connectivity index (χ4n) is 4.80. The van der Waals surface area contributed by atoms with Gasteiger partial charge in [0.05, 0.1) is 35.4 Å². The minimum absolute atomic E-state index is 0.0274. The third-order valence-electron chi connectivity index (χ3n) is 9.32. The van der Waals surface area contributed by atoms with Gasteiger partial charge in [-0.15, -0.1) is 0 Å². The van der Waals surface area contributed by atoms with Gasteiger partial charge in [0.25, 0.3) is 10.1 Å². The van der Waals surface area contributed by atoms with Gasteiger partial charge in [-0.3, -0.25) is 4.18 Å². The number of aryl methyl sites for hydroxylation is 1. The number of hydrogen-bond acceptors (Lipinski definition) is 8. The fraction of sp³-hybridized carbons (Fsp3) is 0.806. The zero-order chi connectivity index (χ0) is 32.3. The molecule has 0 radical (unpaired) electrons. The Kier molecular flexibility index (Phi) is 12.7. The van der Waals surface area contributed by atoms with E-state index in [9.17, 15) is 23.7 Å². The molecule has 0 saturated heterocycles. The summed E-state index contributed by atoms with van der Waals surface area (Å²) in [6.07, 6.45) is 1.00. The first kappa shape index (κ1) is 37.6. The van der Waals surface area contributed by atoms with Crippen LogP contribution in [-0.2, 0) is 23.2 Å². The molecule has 0 aromatic heterocycles. The molecule has 1 aromatic rings. The van der Waals surface area contributed by atoms with E-state index >= 15 is 0 Å². The van der Waals surface area contributed by atoms with Crippen molar-refractivity contribution in [3.63, 3.8) is 0 Å². The molecule has 5 unspecified atom stereocenters. The van der Waals surface area contributed by atoms with E-state index in [1.165, 1.54) is 0 Å². The monoisotopic (exact) mass is 646 g/mol. The molecular weight excluding hydrogens is 589 g/mol. The summed E-state index contributed by atoms with van der Waals surface area (Å²) < 4.78 is 43.1. The lowest BCUT2D eigenvalue weighted by molar-refractivity contribution is -0.0200. The van der Waals surface area contributed by atoms with Crippen LogP contribution in [0.2, 0.25) is 36.3 Å². The predicted molar refractivity (Wildman–Crippen MR) is 173 cm³/mol. The van der Waals surface area contributed by atoms with E-state index in [2.05, 4.69) is 67.7 Å². The number of rotatable bonds is 7. The molecule has 2 saturated carbocycles. The van der Waals surface area contributed by atoms with Gasteiger partial charge >= 0.3 is 0 Å². The number of aliphatic hydroxyl groups excluding tert-OH is 3. The Morgan fingerprint density at radius 3 is 1.40 bits per heavy atom. The van der Waals surface area contributed by atoms with Crippen molar-refractivity contribution < 1.29 is 36.8 Å². The first-order valence-corrected chi connectivity index (χ1v) is 22.5. The zero-order valence-electron chi connectivity index (χ0n) is 27.8. The normalized spacial score (nSPS) is 28.1. The maximum atomic E-state index is 12.5. The average Bonchev–Trinajstić information content (AvgIpc) is 2.76. The van der Waals surface area contributed by atoms with Crippen LogP contribution in [-0.4, -0.2) is 77.0 Å². The minimum Gasteiger partial charge on any atom is -0.414 e. The van der Waals surface area contributed by atoms with Crippen LogP contribution in [0.3, 0.4) is 0 Å². The molecule has 1 aromatic carbocycles. The van der Waals surface area contributed by atoms with Gasteiger partial charge in [-0.2, -0.15) is 8.42 Å². The van der Waals surface area contributed by atoms with Crippen LogP contribution in [0.5, 0.6) is 0 Å². The molecule has 5 atom stereocenters. The van der Waals surface area contributed by atoms with Gasteiger partial charge in [0.2, 0.25) is 0 Å². The minimum atomic E-state index is -3.85. The number of aliphatic hydroxyl groups is 3. The van der Waals surface area contributed by atoms with Crippen molar-refractivity contribution in [3.8, 4) is 0 Å². The number of hydrogen-bond donors (Lipinski definition) is 3. The highest BCUT2D eigenvalue weighted by atomic mass is 32.2. The maximum absolute atomic E-state index is 12.5. The molecule has 3 N–H and O–H groups in total. The van der Waals surface area contributed by atoms with Crippen LogP contribution in [0.1, 0.15) is 85.6 Å². The summed E-state index contributed by atoms with van der Waals surface area (Å²) in [6, 6.07) is 6.59. The van der Waals surface area contributed by atoms with Crippen LogP contribution >= 0.6 is 0 Å². The van der Waals surface area contributed by atoms with E-state index < -0.39 is 51.2 Å². The van der Waals surface area contributed by atoms with Gasteiger partial charge in [0.1, 0.15) is 0 Å². The second-order valence-corrected chi connectivity index (χ2v) is 26.4. The van der Waals surface area contributed by atoms with Crippen LogP contribution < -0.4 is 0 Å². The highest BCUT2D eigenvalue weighted by Gasteiger charge is 2.43. The smallest absolute Gasteiger partial charge is 0.297 e. The molecule has 2 aliphatic carbocycles. The van der Waals surface area contributed by atoms with E-state index in [0.717, 1.165) is 5.56 Å². The Hall–Kier alpha value is -0.636. The van der Waals surface area contributed by atoms with Crippen molar-refractivity contribution in [1.29, 1.82) is 0 Å². The summed E-state index contributed by atoms with van der Waals surface area (Å²) in [7, 11) is -7.62. The predicted octanol–water partition coefficient (Wildman–Crippen LogP) is 6.29. The molecule has 0 amide bonds. The lowest BCUT2D eigenvalue weighted by Crippen LogP contribution is -2.47. The molecule has 8 nitrogen and oxygen atoms in total. The Bertz CT molecular complexity index is 1080. The van der Waals surface area contributed by atoms with Gasteiger partial charge in [-0.05, 0) is 81.0 Å². The molecule has 3 rings (SSSR count). The summed E-state index contributed by atoms with van der Waals surface area (Å²) in [6.45, 7) is 23.7. The maximum Gasteiger partial charge on any atom is 0.297 e. The van der Waals surface area contributed by atoms with Crippen LogP contribution in [0, 0.1) is 6.92 Å². The summed E-state index contributed by atoms with van der Waals surface area (Å²) in [5, 5.41) is 29.7. The van der Waals surface area contributed by atoms with Gasteiger partial charge in [0, 0.05) is 18.9 Å². The molecule has 0 aliphatic heterocycles. The number of benzene rings is 1. The second kappa shape index (κ2) is 14.2. The van der Waals surface area contributed by atoms with Crippen molar-refractivity contribution in [2.75, 3.05) is 0 Å². The van der Waals surface area contributed by atoms with Crippen LogP contribution in [0.4, 0.5) is 0 Å². The standard InChI is InChI=1S/C19H32O5SSi.C12H26O3Si/c1-14-7-9-18(10-8-14)25(21,22)23-16-11-15(20)12-17(13-16)24-26(5,6)19(2,3)4;1-12(2,3)16(4,5)15-11-7-9(13)6-10(14)8-11/h7-10,15-17,20H,11-13H2,1-6H3;9-11,13-14H,6-8H2,1-5H3.